The minimum atomic E-state index is -0.425. The number of rotatable bonds is 8. The summed E-state index contributed by atoms with van der Waals surface area (Å²) in [5.41, 5.74) is 1.38. The lowest BCUT2D eigenvalue weighted by Gasteiger charge is -2.12. The van der Waals surface area contributed by atoms with E-state index in [0.29, 0.717) is 17.0 Å². The summed E-state index contributed by atoms with van der Waals surface area (Å²) in [6.07, 6.45) is 1.49. The fourth-order valence-corrected chi connectivity index (χ4v) is 4.90. The van der Waals surface area contributed by atoms with Crippen LogP contribution in [-0.4, -0.2) is 39.5 Å². The highest BCUT2D eigenvalue weighted by molar-refractivity contribution is 7.99. The number of thiophene rings is 1. The molecule has 9 heteroatoms. The number of methoxy groups -OCH3 is 1. The van der Waals surface area contributed by atoms with Crippen molar-refractivity contribution in [1.29, 1.82) is 0 Å². The van der Waals surface area contributed by atoms with Crippen molar-refractivity contribution in [2.45, 2.75) is 58.7 Å². The van der Waals surface area contributed by atoms with Gasteiger partial charge in [0.15, 0.2) is 5.16 Å². The number of carbonyl (C=O) groups excluding carboxylic acids is 2. The van der Waals surface area contributed by atoms with Gasteiger partial charge in [0.25, 0.3) is 0 Å². The van der Waals surface area contributed by atoms with E-state index in [4.69, 9.17) is 4.74 Å². The van der Waals surface area contributed by atoms with Gasteiger partial charge in [0, 0.05) is 17.3 Å². The van der Waals surface area contributed by atoms with Crippen LogP contribution in [0.5, 0.6) is 0 Å². The van der Waals surface area contributed by atoms with E-state index in [9.17, 15) is 9.59 Å². The van der Waals surface area contributed by atoms with Gasteiger partial charge in [-0.05, 0) is 32.8 Å². The van der Waals surface area contributed by atoms with Gasteiger partial charge in [0.05, 0.1) is 18.4 Å². The van der Waals surface area contributed by atoms with Crippen LogP contribution in [0.4, 0.5) is 5.00 Å². The molecule has 148 valence electrons. The van der Waals surface area contributed by atoms with Gasteiger partial charge in [0.2, 0.25) is 5.91 Å². The second-order valence-electron chi connectivity index (χ2n) is 6.24. The van der Waals surface area contributed by atoms with Crippen LogP contribution in [0, 0.1) is 6.92 Å². The first-order valence-electron chi connectivity index (χ1n) is 8.90. The number of esters is 1. The molecular weight excluding hydrogens is 384 g/mol. The second kappa shape index (κ2) is 9.36. The molecule has 0 bridgehead atoms. The van der Waals surface area contributed by atoms with Crippen molar-refractivity contribution in [1.82, 2.24) is 14.8 Å². The Morgan fingerprint density at radius 3 is 2.52 bits per heavy atom. The zero-order valence-electron chi connectivity index (χ0n) is 16.6. The van der Waals surface area contributed by atoms with E-state index in [1.165, 1.54) is 30.2 Å². The number of carbonyl (C=O) groups is 2. The number of anilines is 1. The Balaban J connectivity index is 2.14. The van der Waals surface area contributed by atoms with Gasteiger partial charge < -0.3 is 14.6 Å². The fraction of sp³-hybridized carbons (Fsp3) is 0.556. The summed E-state index contributed by atoms with van der Waals surface area (Å²) in [5.74, 6) is 0.479. The summed E-state index contributed by atoms with van der Waals surface area (Å²) in [5, 5.41) is 12.5. The van der Waals surface area contributed by atoms with Gasteiger partial charge in [-0.2, -0.15) is 0 Å². The number of ether oxygens (including phenoxy) is 1. The average molecular weight is 411 g/mol. The Morgan fingerprint density at radius 2 is 1.96 bits per heavy atom. The minimum Gasteiger partial charge on any atom is -0.465 e. The first kappa shape index (κ1) is 21.4. The van der Waals surface area contributed by atoms with Crippen LogP contribution in [0.25, 0.3) is 0 Å². The predicted octanol–water partition coefficient (Wildman–Crippen LogP) is 3.87. The highest BCUT2D eigenvalue weighted by Crippen LogP contribution is 2.34. The van der Waals surface area contributed by atoms with Crippen LogP contribution >= 0.6 is 23.1 Å². The van der Waals surface area contributed by atoms with Crippen molar-refractivity contribution in [2.75, 3.05) is 18.2 Å². The molecule has 2 aromatic heterocycles. The third-order valence-corrected chi connectivity index (χ3v) is 6.11. The lowest BCUT2D eigenvalue weighted by molar-refractivity contribution is -0.113. The quantitative estimate of drug-likeness (QED) is 0.525. The molecule has 0 unspecified atom stereocenters. The molecule has 0 radical (unpaired) electrons. The molecule has 0 saturated carbocycles. The van der Waals surface area contributed by atoms with E-state index in [0.717, 1.165) is 27.8 Å². The largest absolute Gasteiger partial charge is 0.465 e. The van der Waals surface area contributed by atoms with E-state index < -0.39 is 5.97 Å². The number of nitrogens with one attached hydrogen (secondary N) is 1. The van der Waals surface area contributed by atoms with E-state index >= 15 is 0 Å². The van der Waals surface area contributed by atoms with Gasteiger partial charge in [-0.25, -0.2) is 4.79 Å². The Hall–Kier alpha value is -1.87. The third-order valence-electron chi connectivity index (χ3n) is 4.11. The highest BCUT2D eigenvalue weighted by atomic mass is 32.2. The van der Waals surface area contributed by atoms with Crippen molar-refractivity contribution < 1.29 is 14.3 Å². The molecule has 2 rings (SSSR count). The molecule has 0 aliphatic rings. The van der Waals surface area contributed by atoms with Crippen LogP contribution in [0.1, 0.15) is 60.4 Å². The number of thioether (sulfide) groups is 1. The standard InChI is InChI=1S/C18H26N4O3S2/c1-7-12-11(5)27-16(15(12)17(24)25-6)19-14(23)9-26-18-21-20-13(8-2)22(18)10(3)4/h10H,7-9H2,1-6H3,(H,19,23). The summed E-state index contributed by atoms with van der Waals surface area (Å²) in [6, 6.07) is 0.221. The molecule has 2 heterocycles. The van der Waals surface area contributed by atoms with Crippen LogP contribution in [0.2, 0.25) is 0 Å². The molecule has 0 atom stereocenters. The monoisotopic (exact) mass is 410 g/mol. The van der Waals surface area contributed by atoms with Crippen LogP contribution in [-0.2, 0) is 22.4 Å². The molecule has 7 nitrogen and oxygen atoms in total. The van der Waals surface area contributed by atoms with E-state index in [1.807, 2.05) is 25.3 Å². The summed E-state index contributed by atoms with van der Waals surface area (Å²) in [6.45, 7) is 10.1. The lowest BCUT2D eigenvalue weighted by atomic mass is 10.1. The molecule has 0 aliphatic carbocycles. The average Bonchev–Trinajstić information content (AvgIpc) is 3.19. The van der Waals surface area contributed by atoms with Crippen molar-refractivity contribution in [2.24, 2.45) is 0 Å². The van der Waals surface area contributed by atoms with Crippen LogP contribution in [0.15, 0.2) is 5.16 Å². The Kier molecular flexibility index (Phi) is 7.43. The van der Waals surface area contributed by atoms with Gasteiger partial charge in [-0.1, -0.05) is 25.6 Å². The minimum absolute atomic E-state index is 0.188. The number of hydrogen-bond donors (Lipinski definition) is 1. The number of nitrogens with zero attached hydrogens (tertiary/aromatic N) is 3. The normalized spacial score (nSPS) is 11.1. The summed E-state index contributed by atoms with van der Waals surface area (Å²) in [7, 11) is 1.35. The lowest BCUT2D eigenvalue weighted by Crippen LogP contribution is -2.17. The first-order chi connectivity index (χ1) is 12.8. The molecule has 1 amide bonds. The Morgan fingerprint density at radius 1 is 1.26 bits per heavy atom. The molecule has 0 aliphatic heterocycles. The maximum Gasteiger partial charge on any atom is 0.341 e. The topological polar surface area (TPSA) is 86.1 Å². The molecule has 0 fully saturated rings. The molecule has 27 heavy (non-hydrogen) atoms. The van der Waals surface area contributed by atoms with E-state index in [2.05, 4.69) is 29.4 Å². The zero-order chi connectivity index (χ0) is 20.1. The van der Waals surface area contributed by atoms with Gasteiger partial charge in [-0.3, -0.25) is 4.79 Å². The maximum absolute atomic E-state index is 12.5. The number of hydrogen-bond acceptors (Lipinski definition) is 7. The highest BCUT2D eigenvalue weighted by Gasteiger charge is 2.23. The second-order valence-corrected chi connectivity index (χ2v) is 8.41. The molecule has 1 N–H and O–H groups in total. The van der Waals surface area contributed by atoms with Gasteiger partial charge in [0.1, 0.15) is 10.8 Å². The summed E-state index contributed by atoms with van der Waals surface area (Å²) < 4.78 is 6.93. The smallest absolute Gasteiger partial charge is 0.341 e. The van der Waals surface area contributed by atoms with E-state index in [-0.39, 0.29) is 17.7 Å². The van der Waals surface area contributed by atoms with Crippen molar-refractivity contribution in [3.05, 3.63) is 21.8 Å². The molecule has 0 saturated heterocycles. The number of aromatic nitrogens is 3. The Labute approximate surface area is 167 Å². The third kappa shape index (κ3) is 4.70. The van der Waals surface area contributed by atoms with Crippen molar-refractivity contribution in [3.63, 3.8) is 0 Å². The van der Waals surface area contributed by atoms with Gasteiger partial charge >= 0.3 is 5.97 Å². The Bertz CT molecular complexity index is 827. The van der Waals surface area contributed by atoms with Crippen LogP contribution < -0.4 is 5.32 Å². The van der Waals surface area contributed by atoms with E-state index in [1.54, 1.807) is 0 Å². The summed E-state index contributed by atoms with van der Waals surface area (Å²) >= 11 is 2.74. The molecule has 2 aromatic rings. The van der Waals surface area contributed by atoms with Gasteiger partial charge in [-0.15, -0.1) is 21.5 Å². The molecule has 0 aromatic carbocycles. The number of aryl methyl sites for hydroxylation is 2. The fourth-order valence-electron chi connectivity index (χ4n) is 2.87. The zero-order valence-corrected chi connectivity index (χ0v) is 18.2. The first-order valence-corrected chi connectivity index (χ1v) is 10.7. The molecular formula is C18H26N4O3S2. The SMILES string of the molecule is CCc1c(C)sc(NC(=O)CSc2nnc(CC)n2C(C)C)c1C(=O)OC. The van der Waals surface area contributed by atoms with Crippen molar-refractivity contribution in [3.8, 4) is 0 Å². The predicted molar refractivity (Wildman–Crippen MR) is 109 cm³/mol. The number of amides is 1. The summed E-state index contributed by atoms with van der Waals surface area (Å²) in [4.78, 5) is 25.6. The van der Waals surface area contributed by atoms with Crippen molar-refractivity contribution >= 4 is 40.0 Å². The molecule has 0 spiro atoms. The maximum atomic E-state index is 12.5. The van der Waals surface area contributed by atoms with Crippen LogP contribution in [0.3, 0.4) is 0 Å².